The summed E-state index contributed by atoms with van der Waals surface area (Å²) < 4.78 is 7.46. The van der Waals surface area contributed by atoms with Crippen LogP contribution in [0, 0.1) is 0 Å². The van der Waals surface area contributed by atoms with Gasteiger partial charge < -0.3 is 15.0 Å². The lowest BCUT2D eigenvalue weighted by molar-refractivity contribution is 0.307. The summed E-state index contributed by atoms with van der Waals surface area (Å²) in [5, 5.41) is 1.18. The van der Waals surface area contributed by atoms with E-state index in [0.717, 1.165) is 5.75 Å². The maximum Gasteiger partial charge on any atom is 0.119 e. The van der Waals surface area contributed by atoms with Crippen LogP contribution in [0.3, 0.4) is 0 Å². The van der Waals surface area contributed by atoms with Gasteiger partial charge in [-0.25, -0.2) is 0 Å². The molecule has 2 rings (SSSR count). The van der Waals surface area contributed by atoms with Gasteiger partial charge in [-0.3, -0.25) is 0 Å². The molecule has 0 bridgehead atoms. The van der Waals surface area contributed by atoms with Crippen molar-refractivity contribution in [2.45, 2.75) is 32.4 Å². The van der Waals surface area contributed by atoms with E-state index in [1.165, 1.54) is 10.9 Å². The first kappa shape index (κ1) is 12.0. The molecule has 0 radical (unpaired) electrons. The third-order valence-electron chi connectivity index (χ3n) is 3.63. The monoisotopic (exact) mass is 232 g/mol. The van der Waals surface area contributed by atoms with Gasteiger partial charge in [-0.1, -0.05) is 0 Å². The van der Waals surface area contributed by atoms with E-state index in [1.807, 2.05) is 19.1 Å². The van der Waals surface area contributed by atoms with Crippen molar-refractivity contribution in [1.82, 2.24) is 4.57 Å². The van der Waals surface area contributed by atoms with Crippen LogP contribution in [0.2, 0.25) is 0 Å². The molecule has 1 atom stereocenters. The molecule has 1 aromatic heterocycles. The zero-order valence-corrected chi connectivity index (χ0v) is 10.9. The van der Waals surface area contributed by atoms with Crippen LogP contribution in [0.5, 0.6) is 5.75 Å². The van der Waals surface area contributed by atoms with Gasteiger partial charge in [0.05, 0.1) is 12.6 Å². The minimum atomic E-state index is -0.101. The average molecular weight is 232 g/mol. The highest BCUT2D eigenvalue weighted by Crippen LogP contribution is 2.28. The number of nitrogens with two attached hydrogens (primary N) is 1. The van der Waals surface area contributed by atoms with E-state index in [9.17, 15) is 0 Å². The summed E-state index contributed by atoms with van der Waals surface area (Å²) in [6.45, 7) is 6.35. The maximum atomic E-state index is 6.06. The van der Waals surface area contributed by atoms with E-state index in [0.29, 0.717) is 0 Å². The Balaban J connectivity index is 2.57. The van der Waals surface area contributed by atoms with E-state index in [-0.39, 0.29) is 11.6 Å². The summed E-state index contributed by atoms with van der Waals surface area (Å²) in [6, 6.07) is 8.29. The Morgan fingerprint density at radius 3 is 2.59 bits per heavy atom. The molecule has 0 saturated heterocycles. The molecule has 0 aliphatic heterocycles. The molecule has 0 aliphatic carbocycles. The first-order valence-corrected chi connectivity index (χ1v) is 5.88. The van der Waals surface area contributed by atoms with Crippen molar-refractivity contribution >= 4 is 10.9 Å². The molecular formula is C14H20N2O. The maximum absolute atomic E-state index is 6.06. The Bertz CT molecular complexity index is 526. The quantitative estimate of drug-likeness (QED) is 0.884. The Morgan fingerprint density at radius 1 is 1.29 bits per heavy atom. The van der Waals surface area contributed by atoms with E-state index >= 15 is 0 Å². The highest BCUT2D eigenvalue weighted by molar-refractivity contribution is 5.82. The fraction of sp³-hybridized carbons (Fsp3) is 0.429. The minimum Gasteiger partial charge on any atom is -0.497 e. The first-order valence-electron chi connectivity index (χ1n) is 5.88. The van der Waals surface area contributed by atoms with E-state index in [4.69, 9.17) is 10.5 Å². The van der Waals surface area contributed by atoms with Crippen LogP contribution in [0.1, 0.15) is 20.8 Å². The zero-order valence-electron chi connectivity index (χ0n) is 10.9. The summed E-state index contributed by atoms with van der Waals surface area (Å²) in [7, 11) is 1.68. The van der Waals surface area contributed by atoms with Gasteiger partial charge in [-0.2, -0.15) is 0 Å². The molecule has 3 heteroatoms. The van der Waals surface area contributed by atoms with Gasteiger partial charge in [0.1, 0.15) is 5.75 Å². The second kappa shape index (κ2) is 4.08. The number of ether oxygens (including phenoxy) is 1. The number of hydrogen-bond donors (Lipinski definition) is 1. The highest BCUT2D eigenvalue weighted by atomic mass is 16.5. The number of methoxy groups -OCH3 is 1. The molecule has 2 aromatic rings. The number of aromatic nitrogens is 1. The lowest BCUT2D eigenvalue weighted by Crippen LogP contribution is -2.42. The number of rotatable bonds is 3. The lowest BCUT2D eigenvalue weighted by atomic mass is 9.96. The molecule has 0 fully saturated rings. The number of nitrogens with zero attached hydrogens (tertiary/aromatic N) is 1. The molecule has 0 unspecified atom stereocenters. The highest BCUT2D eigenvalue weighted by Gasteiger charge is 2.25. The van der Waals surface area contributed by atoms with E-state index in [1.54, 1.807) is 7.11 Å². The van der Waals surface area contributed by atoms with Crippen LogP contribution >= 0.6 is 0 Å². The SMILES string of the molecule is COc1ccc2c(ccn2C(C)(C)[C@@H](C)N)c1. The normalized spacial score (nSPS) is 13.9. The van der Waals surface area contributed by atoms with Crippen molar-refractivity contribution < 1.29 is 4.74 Å². The van der Waals surface area contributed by atoms with Crippen molar-refractivity contribution in [3.8, 4) is 5.75 Å². The van der Waals surface area contributed by atoms with Crippen molar-refractivity contribution in [3.05, 3.63) is 30.5 Å². The van der Waals surface area contributed by atoms with Crippen molar-refractivity contribution in [2.24, 2.45) is 5.73 Å². The zero-order chi connectivity index (χ0) is 12.6. The topological polar surface area (TPSA) is 40.2 Å². The van der Waals surface area contributed by atoms with Gasteiger partial charge in [0, 0.05) is 23.1 Å². The van der Waals surface area contributed by atoms with Gasteiger partial charge in [0.25, 0.3) is 0 Å². The molecule has 0 saturated carbocycles. The molecule has 0 amide bonds. The van der Waals surface area contributed by atoms with Crippen LogP contribution in [0.4, 0.5) is 0 Å². The van der Waals surface area contributed by atoms with Gasteiger partial charge in [0.15, 0.2) is 0 Å². The van der Waals surface area contributed by atoms with Crippen LogP contribution in [-0.2, 0) is 5.54 Å². The summed E-state index contributed by atoms with van der Waals surface area (Å²) in [4.78, 5) is 0. The number of hydrogen-bond acceptors (Lipinski definition) is 2. The second-order valence-electron chi connectivity index (χ2n) is 5.05. The molecule has 0 spiro atoms. The summed E-state index contributed by atoms with van der Waals surface area (Å²) >= 11 is 0. The van der Waals surface area contributed by atoms with Crippen LogP contribution < -0.4 is 10.5 Å². The lowest BCUT2D eigenvalue weighted by Gasteiger charge is -2.32. The number of fused-ring (bicyclic) bond motifs is 1. The molecule has 1 heterocycles. The predicted molar refractivity (Wildman–Crippen MR) is 71.5 cm³/mol. The summed E-state index contributed by atoms with van der Waals surface area (Å²) in [6.07, 6.45) is 2.09. The van der Waals surface area contributed by atoms with Crippen molar-refractivity contribution in [2.75, 3.05) is 7.11 Å². The second-order valence-corrected chi connectivity index (χ2v) is 5.05. The minimum absolute atomic E-state index is 0.0835. The van der Waals surface area contributed by atoms with Gasteiger partial charge in [-0.15, -0.1) is 0 Å². The fourth-order valence-electron chi connectivity index (χ4n) is 1.97. The Kier molecular flexibility index (Phi) is 2.87. The average Bonchev–Trinajstić information content (AvgIpc) is 2.71. The molecule has 2 N–H and O–H groups in total. The summed E-state index contributed by atoms with van der Waals surface area (Å²) in [5.74, 6) is 0.883. The molecule has 92 valence electrons. The largest absolute Gasteiger partial charge is 0.497 e. The van der Waals surface area contributed by atoms with Gasteiger partial charge in [-0.05, 0) is 45.0 Å². The smallest absolute Gasteiger partial charge is 0.119 e. The van der Waals surface area contributed by atoms with Gasteiger partial charge in [0.2, 0.25) is 0 Å². The Hall–Kier alpha value is -1.48. The third kappa shape index (κ3) is 1.91. The van der Waals surface area contributed by atoms with Crippen LogP contribution in [0.25, 0.3) is 10.9 Å². The molecular weight excluding hydrogens is 212 g/mol. The third-order valence-corrected chi connectivity index (χ3v) is 3.63. The van der Waals surface area contributed by atoms with Crippen LogP contribution in [0.15, 0.2) is 30.5 Å². The van der Waals surface area contributed by atoms with Gasteiger partial charge >= 0.3 is 0 Å². The van der Waals surface area contributed by atoms with Crippen molar-refractivity contribution in [1.29, 1.82) is 0 Å². The Labute approximate surface area is 102 Å². The van der Waals surface area contributed by atoms with E-state index in [2.05, 4.69) is 36.7 Å². The molecule has 3 nitrogen and oxygen atoms in total. The summed E-state index contributed by atoms with van der Waals surface area (Å²) in [5.41, 5.74) is 7.15. The van der Waals surface area contributed by atoms with Crippen LogP contribution in [-0.4, -0.2) is 17.7 Å². The molecule has 1 aromatic carbocycles. The molecule has 0 aliphatic rings. The van der Waals surface area contributed by atoms with E-state index < -0.39 is 0 Å². The fourth-order valence-corrected chi connectivity index (χ4v) is 1.97. The Morgan fingerprint density at radius 2 is 2.00 bits per heavy atom. The standard InChI is InChI=1S/C14H20N2O/c1-10(15)14(2,3)16-8-7-11-9-12(17-4)5-6-13(11)16/h5-10H,15H2,1-4H3/t10-/m1/s1. The first-order chi connectivity index (χ1) is 7.96. The predicted octanol–water partition coefficient (Wildman–Crippen LogP) is 2.73. The molecule has 17 heavy (non-hydrogen) atoms. The van der Waals surface area contributed by atoms with Crippen molar-refractivity contribution in [3.63, 3.8) is 0 Å². The number of benzene rings is 1.